The molecule has 2 heterocycles. The van der Waals surface area contributed by atoms with Gasteiger partial charge in [0.2, 0.25) is 0 Å². The smallest absolute Gasteiger partial charge is 0.266 e. The number of morpholine rings is 1. The molecule has 1 fully saturated rings. The lowest BCUT2D eigenvalue weighted by atomic mass is 10.3. The second-order valence-electron chi connectivity index (χ2n) is 7.50. The molecule has 0 bridgehead atoms. The lowest BCUT2D eigenvalue weighted by Crippen LogP contribution is -2.44. The average Bonchev–Trinajstić information content (AvgIpc) is 3.29. The molecule has 8 nitrogen and oxygen atoms in total. The first-order valence-electron chi connectivity index (χ1n) is 11.1. The molecule has 9 heteroatoms. The molecule has 1 amide bonds. The number of rotatable bonds is 10. The zero-order valence-corrected chi connectivity index (χ0v) is 19.8. The van der Waals surface area contributed by atoms with E-state index in [-0.39, 0.29) is 12.5 Å². The zero-order chi connectivity index (χ0) is 23.0. The molecule has 1 aliphatic heterocycles. The molecule has 0 aliphatic carbocycles. The van der Waals surface area contributed by atoms with Crippen LogP contribution in [0.2, 0.25) is 0 Å². The van der Waals surface area contributed by atoms with Crippen LogP contribution in [0.15, 0.2) is 42.5 Å². The fourth-order valence-corrected chi connectivity index (χ4v) is 4.63. The van der Waals surface area contributed by atoms with Crippen molar-refractivity contribution in [3.8, 4) is 17.2 Å². The van der Waals surface area contributed by atoms with Crippen LogP contribution in [0.3, 0.4) is 0 Å². The topological polar surface area (TPSA) is 73.4 Å². The second kappa shape index (κ2) is 11.3. The minimum atomic E-state index is -0.150. The molecule has 1 aliphatic rings. The summed E-state index contributed by atoms with van der Waals surface area (Å²) < 4.78 is 23.2. The van der Waals surface area contributed by atoms with Crippen LogP contribution in [-0.4, -0.2) is 75.5 Å². The lowest BCUT2D eigenvalue weighted by Gasteiger charge is -2.29. The van der Waals surface area contributed by atoms with Gasteiger partial charge in [0.1, 0.15) is 22.8 Å². The van der Waals surface area contributed by atoms with E-state index in [0.717, 1.165) is 35.6 Å². The van der Waals surface area contributed by atoms with Crippen molar-refractivity contribution in [2.24, 2.45) is 0 Å². The fourth-order valence-electron chi connectivity index (χ4n) is 3.61. The predicted octanol–water partition coefficient (Wildman–Crippen LogP) is 3.45. The van der Waals surface area contributed by atoms with Crippen LogP contribution < -0.4 is 19.1 Å². The summed E-state index contributed by atoms with van der Waals surface area (Å²) in [5.74, 6) is 1.84. The summed E-state index contributed by atoms with van der Waals surface area (Å²) in [6, 6.07) is 13.1. The summed E-state index contributed by atoms with van der Waals surface area (Å²) in [4.78, 5) is 22.1. The third-order valence-corrected chi connectivity index (χ3v) is 6.39. The highest BCUT2D eigenvalue weighted by Crippen LogP contribution is 2.34. The van der Waals surface area contributed by atoms with E-state index in [0.29, 0.717) is 43.0 Å². The number of benzene rings is 2. The van der Waals surface area contributed by atoms with Gasteiger partial charge in [0, 0.05) is 32.2 Å². The van der Waals surface area contributed by atoms with Gasteiger partial charge in [-0.05, 0) is 31.2 Å². The van der Waals surface area contributed by atoms with Gasteiger partial charge in [0.25, 0.3) is 5.91 Å². The maximum Gasteiger partial charge on any atom is 0.266 e. The Kier molecular flexibility index (Phi) is 7.98. The summed E-state index contributed by atoms with van der Waals surface area (Å²) >= 11 is 1.48. The fraction of sp³-hybridized carbons (Fsp3) is 0.417. The number of ether oxygens (including phenoxy) is 4. The average molecular weight is 472 g/mol. The summed E-state index contributed by atoms with van der Waals surface area (Å²) in [6.45, 7) is 6.81. The molecule has 33 heavy (non-hydrogen) atoms. The molecule has 3 aromatic rings. The van der Waals surface area contributed by atoms with Crippen LogP contribution in [0.4, 0.5) is 5.13 Å². The molecule has 2 aromatic carbocycles. The third kappa shape index (κ3) is 5.93. The second-order valence-corrected chi connectivity index (χ2v) is 8.51. The Bertz CT molecular complexity index is 1070. The van der Waals surface area contributed by atoms with Crippen molar-refractivity contribution in [3.05, 3.63) is 42.5 Å². The van der Waals surface area contributed by atoms with Gasteiger partial charge in [-0.3, -0.25) is 14.6 Å². The molecule has 1 saturated heterocycles. The monoisotopic (exact) mass is 471 g/mol. The number of fused-ring (bicyclic) bond motifs is 1. The Morgan fingerprint density at radius 2 is 1.94 bits per heavy atom. The Labute approximate surface area is 197 Å². The van der Waals surface area contributed by atoms with Gasteiger partial charge >= 0.3 is 0 Å². The highest BCUT2D eigenvalue weighted by molar-refractivity contribution is 7.22. The Morgan fingerprint density at radius 1 is 1.15 bits per heavy atom. The SMILES string of the molecule is CCOc1cccc2sc(N(CCN3CCOCC3)C(=O)COc3cccc(OC)c3)nc12. The van der Waals surface area contributed by atoms with E-state index in [1.54, 1.807) is 24.1 Å². The summed E-state index contributed by atoms with van der Waals surface area (Å²) in [5.41, 5.74) is 0.775. The first kappa shape index (κ1) is 23.3. The summed E-state index contributed by atoms with van der Waals surface area (Å²) in [5, 5.41) is 0.643. The van der Waals surface area contributed by atoms with Crippen molar-refractivity contribution < 1.29 is 23.7 Å². The number of anilines is 1. The van der Waals surface area contributed by atoms with Gasteiger partial charge in [-0.1, -0.05) is 23.5 Å². The number of amides is 1. The maximum atomic E-state index is 13.3. The van der Waals surface area contributed by atoms with Crippen LogP contribution in [0, 0.1) is 0 Å². The molecule has 0 saturated carbocycles. The van der Waals surface area contributed by atoms with E-state index in [1.807, 2.05) is 37.3 Å². The number of thiazole rings is 1. The zero-order valence-electron chi connectivity index (χ0n) is 19.0. The van der Waals surface area contributed by atoms with E-state index in [1.165, 1.54) is 11.3 Å². The molecule has 176 valence electrons. The number of carbonyl (C=O) groups is 1. The number of para-hydroxylation sites is 1. The Balaban J connectivity index is 1.53. The molecule has 0 N–H and O–H groups in total. The minimum Gasteiger partial charge on any atom is -0.497 e. The molecular weight excluding hydrogens is 442 g/mol. The molecule has 0 unspecified atom stereocenters. The van der Waals surface area contributed by atoms with Crippen LogP contribution in [-0.2, 0) is 9.53 Å². The number of aromatic nitrogens is 1. The Morgan fingerprint density at radius 3 is 2.73 bits per heavy atom. The van der Waals surface area contributed by atoms with Crippen LogP contribution in [0.25, 0.3) is 10.2 Å². The van der Waals surface area contributed by atoms with Crippen LogP contribution in [0.1, 0.15) is 6.92 Å². The molecule has 4 rings (SSSR count). The molecule has 1 aromatic heterocycles. The van der Waals surface area contributed by atoms with E-state index in [9.17, 15) is 4.79 Å². The van der Waals surface area contributed by atoms with Crippen molar-refractivity contribution in [1.82, 2.24) is 9.88 Å². The highest BCUT2D eigenvalue weighted by Gasteiger charge is 2.23. The van der Waals surface area contributed by atoms with E-state index >= 15 is 0 Å². The number of carbonyl (C=O) groups excluding carboxylic acids is 1. The third-order valence-electron chi connectivity index (χ3n) is 5.35. The summed E-state index contributed by atoms with van der Waals surface area (Å²) in [7, 11) is 1.60. The summed E-state index contributed by atoms with van der Waals surface area (Å²) in [6.07, 6.45) is 0. The Hall–Kier alpha value is -2.88. The number of nitrogens with zero attached hydrogens (tertiary/aromatic N) is 3. The normalized spacial score (nSPS) is 14.2. The maximum absolute atomic E-state index is 13.3. The van der Waals surface area contributed by atoms with Crippen molar-refractivity contribution in [2.45, 2.75) is 6.92 Å². The van der Waals surface area contributed by atoms with Gasteiger partial charge in [-0.2, -0.15) is 0 Å². The van der Waals surface area contributed by atoms with Gasteiger partial charge < -0.3 is 18.9 Å². The number of hydrogen-bond donors (Lipinski definition) is 0. The van der Waals surface area contributed by atoms with Gasteiger partial charge in [-0.15, -0.1) is 0 Å². The van der Waals surface area contributed by atoms with Gasteiger partial charge in [-0.25, -0.2) is 4.98 Å². The van der Waals surface area contributed by atoms with Crippen molar-refractivity contribution >= 4 is 32.6 Å². The lowest BCUT2D eigenvalue weighted by molar-refractivity contribution is -0.120. The van der Waals surface area contributed by atoms with E-state index in [4.69, 9.17) is 23.9 Å². The van der Waals surface area contributed by atoms with Gasteiger partial charge in [0.15, 0.2) is 11.7 Å². The van der Waals surface area contributed by atoms with Gasteiger partial charge in [0.05, 0.1) is 31.6 Å². The van der Waals surface area contributed by atoms with E-state index in [2.05, 4.69) is 4.90 Å². The number of hydrogen-bond acceptors (Lipinski definition) is 8. The minimum absolute atomic E-state index is 0.0927. The highest BCUT2D eigenvalue weighted by atomic mass is 32.1. The molecule has 0 spiro atoms. The van der Waals surface area contributed by atoms with Crippen molar-refractivity contribution in [2.75, 3.05) is 64.6 Å². The largest absolute Gasteiger partial charge is 0.497 e. The van der Waals surface area contributed by atoms with Crippen molar-refractivity contribution in [1.29, 1.82) is 0 Å². The van der Waals surface area contributed by atoms with Crippen LogP contribution >= 0.6 is 11.3 Å². The number of methoxy groups -OCH3 is 1. The first-order chi connectivity index (χ1) is 16.2. The standard InChI is InChI=1S/C24H29N3O5S/c1-3-31-20-8-5-9-21-23(20)25-24(33-21)27(11-10-26-12-14-30-15-13-26)22(28)17-32-19-7-4-6-18(16-19)29-2/h4-9,16H,3,10-15,17H2,1-2H3. The first-order valence-corrected chi connectivity index (χ1v) is 11.9. The molecular formula is C24H29N3O5S. The predicted molar refractivity (Wildman–Crippen MR) is 129 cm³/mol. The van der Waals surface area contributed by atoms with Crippen LogP contribution in [0.5, 0.6) is 17.2 Å². The molecule has 0 atom stereocenters. The van der Waals surface area contributed by atoms with E-state index < -0.39 is 0 Å². The molecule has 0 radical (unpaired) electrons. The quantitative estimate of drug-likeness (QED) is 0.448. The van der Waals surface area contributed by atoms with Crippen molar-refractivity contribution in [3.63, 3.8) is 0 Å².